The van der Waals surface area contributed by atoms with E-state index in [1.54, 1.807) is 4.90 Å². The fraction of sp³-hybridized carbons (Fsp3) is 0.529. The van der Waals surface area contributed by atoms with Crippen molar-refractivity contribution in [3.8, 4) is 0 Å². The van der Waals surface area contributed by atoms with Gasteiger partial charge in [-0.3, -0.25) is 9.59 Å². The van der Waals surface area contributed by atoms with E-state index in [9.17, 15) is 9.59 Å². The molecule has 0 atom stereocenters. The number of nitrogens with one attached hydrogen (secondary N) is 1. The maximum Gasteiger partial charge on any atom is 0.246 e. The molecule has 1 heterocycles. The molecule has 1 aliphatic heterocycles. The molecule has 2 rings (SSSR count). The summed E-state index contributed by atoms with van der Waals surface area (Å²) in [5.74, 6) is -0.197. The van der Waals surface area contributed by atoms with Crippen LogP contribution in [0.1, 0.15) is 32.3 Å². The highest BCUT2D eigenvalue weighted by molar-refractivity contribution is 5.98. The van der Waals surface area contributed by atoms with Crippen molar-refractivity contribution >= 4 is 29.9 Å². The summed E-state index contributed by atoms with van der Waals surface area (Å²) in [5.41, 5.74) is 7.34. The minimum Gasteiger partial charge on any atom is -0.346 e. The van der Waals surface area contributed by atoms with E-state index in [2.05, 4.69) is 5.32 Å². The summed E-state index contributed by atoms with van der Waals surface area (Å²) in [6.07, 6.45) is 2.21. The second kappa shape index (κ2) is 8.31. The molecule has 0 bridgehead atoms. The average Bonchev–Trinajstić information content (AvgIpc) is 2.99. The van der Waals surface area contributed by atoms with Gasteiger partial charge in [0.2, 0.25) is 11.8 Å². The molecule has 0 radical (unpaired) electrons. The Morgan fingerprint density at radius 2 is 1.91 bits per heavy atom. The molecular formula is C17H26ClN3O2. The number of nitrogens with zero attached hydrogens (tertiary/aromatic N) is 1. The first-order chi connectivity index (χ1) is 10.6. The number of para-hydroxylation sites is 1. The molecule has 5 nitrogen and oxygen atoms in total. The van der Waals surface area contributed by atoms with Crippen molar-refractivity contribution in [3.05, 3.63) is 29.8 Å². The lowest BCUT2D eigenvalue weighted by molar-refractivity contribution is -0.132. The SMILES string of the molecule is CCC(CC)(CN)C(=O)NCC(=O)N1CCc2ccccc21.Cl. The van der Waals surface area contributed by atoms with Crippen molar-refractivity contribution in [2.75, 3.05) is 24.5 Å². The Kier molecular flexibility index (Phi) is 7.03. The fourth-order valence-corrected chi connectivity index (χ4v) is 2.99. The summed E-state index contributed by atoms with van der Waals surface area (Å²) in [4.78, 5) is 26.5. The van der Waals surface area contributed by atoms with Crippen molar-refractivity contribution in [2.45, 2.75) is 33.1 Å². The summed E-state index contributed by atoms with van der Waals surface area (Å²) < 4.78 is 0. The molecule has 0 aromatic heterocycles. The number of anilines is 1. The Morgan fingerprint density at radius 1 is 1.26 bits per heavy atom. The molecule has 1 aliphatic rings. The minimum absolute atomic E-state index is 0. The van der Waals surface area contributed by atoms with Gasteiger partial charge in [0.1, 0.15) is 0 Å². The molecular weight excluding hydrogens is 314 g/mol. The maximum absolute atomic E-state index is 12.4. The molecule has 2 amide bonds. The third-order valence-electron chi connectivity index (χ3n) is 4.81. The van der Waals surface area contributed by atoms with Crippen LogP contribution in [0.3, 0.4) is 0 Å². The molecule has 0 unspecified atom stereocenters. The number of rotatable bonds is 6. The van der Waals surface area contributed by atoms with E-state index in [4.69, 9.17) is 5.73 Å². The van der Waals surface area contributed by atoms with Crippen molar-refractivity contribution in [3.63, 3.8) is 0 Å². The van der Waals surface area contributed by atoms with Gasteiger partial charge in [-0.05, 0) is 30.9 Å². The number of carbonyl (C=O) groups excluding carboxylic acids is 2. The standard InChI is InChI=1S/C17H25N3O2.ClH/c1-3-17(4-2,12-18)16(22)19-11-15(21)20-10-9-13-7-5-6-8-14(13)20;/h5-8H,3-4,9-12,18H2,1-2H3,(H,19,22);1H. The maximum atomic E-state index is 12.4. The van der Waals surface area contributed by atoms with Crippen LogP contribution in [-0.4, -0.2) is 31.4 Å². The zero-order valence-electron chi connectivity index (χ0n) is 13.8. The van der Waals surface area contributed by atoms with E-state index in [1.807, 2.05) is 38.1 Å². The highest BCUT2D eigenvalue weighted by Gasteiger charge is 2.34. The molecule has 6 heteroatoms. The van der Waals surface area contributed by atoms with Gasteiger partial charge in [-0.25, -0.2) is 0 Å². The van der Waals surface area contributed by atoms with Gasteiger partial charge >= 0.3 is 0 Å². The van der Waals surface area contributed by atoms with Crippen molar-refractivity contribution < 1.29 is 9.59 Å². The quantitative estimate of drug-likeness (QED) is 0.831. The van der Waals surface area contributed by atoms with Gasteiger partial charge in [-0.15, -0.1) is 12.4 Å². The van der Waals surface area contributed by atoms with Crippen molar-refractivity contribution in [1.82, 2.24) is 5.32 Å². The van der Waals surface area contributed by atoms with Crippen LogP contribution < -0.4 is 16.0 Å². The summed E-state index contributed by atoms with van der Waals surface area (Å²) in [7, 11) is 0. The van der Waals surface area contributed by atoms with Gasteiger partial charge in [0.15, 0.2) is 0 Å². The average molecular weight is 340 g/mol. The lowest BCUT2D eigenvalue weighted by Gasteiger charge is -2.28. The number of carbonyl (C=O) groups is 2. The van der Waals surface area contributed by atoms with Crippen LogP contribution >= 0.6 is 12.4 Å². The van der Waals surface area contributed by atoms with E-state index >= 15 is 0 Å². The molecule has 0 spiro atoms. The summed E-state index contributed by atoms with van der Waals surface area (Å²) in [6, 6.07) is 7.89. The van der Waals surface area contributed by atoms with Crippen LogP contribution in [0.5, 0.6) is 0 Å². The molecule has 23 heavy (non-hydrogen) atoms. The number of hydrogen-bond acceptors (Lipinski definition) is 3. The third-order valence-corrected chi connectivity index (χ3v) is 4.81. The molecule has 0 aliphatic carbocycles. The number of halogens is 1. The second-order valence-corrected chi connectivity index (χ2v) is 5.80. The van der Waals surface area contributed by atoms with E-state index < -0.39 is 5.41 Å². The molecule has 128 valence electrons. The number of hydrogen-bond donors (Lipinski definition) is 2. The van der Waals surface area contributed by atoms with Crippen molar-refractivity contribution in [1.29, 1.82) is 0 Å². The topological polar surface area (TPSA) is 75.4 Å². The number of benzene rings is 1. The van der Waals surface area contributed by atoms with Gasteiger partial charge < -0.3 is 16.0 Å². The Balaban J connectivity index is 0.00000264. The largest absolute Gasteiger partial charge is 0.346 e. The molecule has 0 saturated heterocycles. The van der Waals surface area contributed by atoms with E-state index in [0.717, 1.165) is 12.1 Å². The van der Waals surface area contributed by atoms with E-state index in [0.29, 0.717) is 25.9 Å². The summed E-state index contributed by atoms with van der Waals surface area (Å²) in [5, 5.41) is 2.77. The molecule has 3 N–H and O–H groups in total. The first-order valence-electron chi connectivity index (χ1n) is 7.94. The van der Waals surface area contributed by atoms with E-state index in [1.165, 1.54) is 5.56 Å². The predicted octanol–water partition coefficient (Wildman–Crippen LogP) is 1.88. The lowest BCUT2D eigenvalue weighted by atomic mass is 9.81. The Hall–Kier alpha value is -1.59. The Bertz CT molecular complexity index is 550. The first-order valence-corrected chi connectivity index (χ1v) is 7.94. The summed E-state index contributed by atoms with van der Waals surface area (Å²) >= 11 is 0. The zero-order chi connectivity index (χ0) is 16.2. The highest BCUT2D eigenvalue weighted by Crippen LogP contribution is 2.28. The lowest BCUT2D eigenvalue weighted by Crippen LogP contribution is -2.48. The third kappa shape index (κ3) is 3.85. The van der Waals surface area contributed by atoms with Crippen LogP contribution in [0.25, 0.3) is 0 Å². The monoisotopic (exact) mass is 339 g/mol. The molecule has 1 aromatic rings. The fourth-order valence-electron chi connectivity index (χ4n) is 2.99. The van der Waals surface area contributed by atoms with Crippen LogP contribution in [0.4, 0.5) is 5.69 Å². The highest BCUT2D eigenvalue weighted by atomic mass is 35.5. The van der Waals surface area contributed by atoms with Gasteiger partial charge in [-0.2, -0.15) is 0 Å². The van der Waals surface area contributed by atoms with Crippen LogP contribution in [0.15, 0.2) is 24.3 Å². The van der Waals surface area contributed by atoms with Crippen LogP contribution in [0, 0.1) is 5.41 Å². The van der Waals surface area contributed by atoms with Crippen molar-refractivity contribution in [2.24, 2.45) is 11.1 Å². The van der Waals surface area contributed by atoms with Gasteiger partial charge in [0.05, 0.1) is 12.0 Å². The predicted molar refractivity (Wildman–Crippen MR) is 94.8 cm³/mol. The number of fused-ring (bicyclic) bond motifs is 1. The number of amides is 2. The van der Waals surface area contributed by atoms with Gasteiger partial charge in [-0.1, -0.05) is 32.0 Å². The smallest absolute Gasteiger partial charge is 0.246 e. The van der Waals surface area contributed by atoms with Crippen LogP contribution in [0.2, 0.25) is 0 Å². The van der Waals surface area contributed by atoms with Gasteiger partial charge in [0, 0.05) is 18.8 Å². The first kappa shape index (κ1) is 19.5. The second-order valence-electron chi connectivity index (χ2n) is 5.80. The summed E-state index contributed by atoms with van der Waals surface area (Å²) in [6.45, 7) is 4.90. The number of nitrogens with two attached hydrogens (primary N) is 1. The minimum atomic E-state index is -0.566. The van der Waals surface area contributed by atoms with E-state index in [-0.39, 0.29) is 30.8 Å². The molecule has 0 saturated carbocycles. The Morgan fingerprint density at radius 3 is 2.52 bits per heavy atom. The molecule has 1 aromatic carbocycles. The van der Waals surface area contributed by atoms with Gasteiger partial charge in [0.25, 0.3) is 0 Å². The molecule has 0 fully saturated rings. The zero-order valence-corrected chi connectivity index (χ0v) is 14.6. The van der Waals surface area contributed by atoms with Crippen LogP contribution in [-0.2, 0) is 16.0 Å². The Labute approximate surface area is 144 Å². The normalized spacial score (nSPS) is 13.3.